The number of amides is 1. The highest BCUT2D eigenvalue weighted by Gasteiger charge is 2.39. The summed E-state index contributed by atoms with van der Waals surface area (Å²) in [7, 11) is -3.57. The zero-order valence-electron chi connectivity index (χ0n) is 16.0. The first-order valence-corrected chi connectivity index (χ1v) is 12.8. The number of halogens is 1. The number of fused-ring (bicyclic) bond motifs is 1. The molecule has 0 saturated carbocycles. The Kier molecular flexibility index (Phi) is 6.11. The number of nitrogens with zero attached hydrogens (tertiary/aromatic N) is 3. The predicted molar refractivity (Wildman–Crippen MR) is 124 cm³/mol. The molecule has 3 heterocycles. The quantitative estimate of drug-likeness (QED) is 0.488. The summed E-state index contributed by atoms with van der Waals surface area (Å²) in [6.45, 7) is 1.50. The molecule has 4 rings (SSSR count). The summed E-state index contributed by atoms with van der Waals surface area (Å²) in [5.41, 5.74) is 1.05. The molecular formula is C19H15ClN4O4S3. The molecule has 0 fully saturated rings. The van der Waals surface area contributed by atoms with Gasteiger partial charge in [0, 0.05) is 10.8 Å². The lowest BCUT2D eigenvalue weighted by molar-refractivity contribution is -0.114. The minimum atomic E-state index is -3.57. The Balaban J connectivity index is 1.51. The molecule has 0 bridgehead atoms. The van der Waals surface area contributed by atoms with Gasteiger partial charge in [0.05, 0.1) is 11.3 Å². The Hall–Kier alpha value is -2.34. The van der Waals surface area contributed by atoms with Crippen molar-refractivity contribution in [3.8, 4) is 0 Å². The number of furan rings is 1. The van der Waals surface area contributed by atoms with E-state index in [-0.39, 0.29) is 26.7 Å². The number of sulfone groups is 1. The number of aliphatic imine (C=N–C) groups is 1. The van der Waals surface area contributed by atoms with Crippen molar-refractivity contribution in [2.45, 2.75) is 17.8 Å². The highest BCUT2D eigenvalue weighted by Crippen LogP contribution is 2.31. The largest absolute Gasteiger partial charge is 0.450 e. The van der Waals surface area contributed by atoms with Gasteiger partial charge in [-0.15, -0.1) is 5.10 Å². The Morgan fingerprint density at radius 3 is 2.71 bits per heavy atom. The highest BCUT2D eigenvalue weighted by molar-refractivity contribution is 8.42. The first-order chi connectivity index (χ1) is 14.8. The number of amidine groups is 2. The van der Waals surface area contributed by atoms with Gasteiger partial charge < -0.3 is 4.42 Å². The molecular weight excluding hydrogens is 480 g/mol. The van der Waals surface area contributed by atoms with Crippen LogP contribution in [0.3, 0.4) is 0 Å². The van der Waals surface area contributed by atoms with Crippen molar-refractivity contribution in [2.24, 2.45) is 10.1 Å². The van der Waals surface area contributed by atoms with E-state index in [1.54, 1.807) is 12.1 Å². The number of hydrazone groups is 1. The van der Waals surface area contributed by atoms with Crippen LogP contribution in [-0.2, 0) is 20.4 Å². The number of carbonyl (C=O) groups excluding carboxylic acids is 1. The number of benzene rings is 1. The maximum Gasteiger partial charge on any atom is 0.283 e. The summed E-state index contributed by atoms with van der Waals surface area (Å²) in [6.07, 6.45) is 1.41. The fourth-order valence-electron chi connectivity index (χ4n) is 2.59. The third kappa shape index (κ3) is 4.64. The Morgan fingerprint density at radius 2 is 2.00 bits per heavy atom. The van der Waals surface area contributed by atoms with Crippen LogP contribution >= 0.6 is 35.1 Å². The second-order valence-electron chi connectivity index (χ2n) is 6.36. The molecule has 0 atom stereocenters. The standard InChI is InChI=1S/C19H15ClN4O4S3/c1-2-31(26,27)19-23-24-16(21)14(17(25)22-18(24)30-19)9-13-7-8-15(28-13)29-10-11-3-5-12(20)6-4-11/h3-9,21H,2,10H2,1H3/b14-9-,21-16?. The second-order valence-corrected chi connectivity index (χ2v) is 11.2. The van der Waals surface area contributed by atoms with E-state index in [1.165, 1.54) is 24.8 Å². The molecule has 0 saturated heterocycles. The summed E-state index contributed by atoms with van der Waals surface area (Å²) >= 11 is 8.13. The minimum absolute atomic E-state index is 0.0353. The maximum absolute atomic E-state index is 12.4. The summed E-state index contributed by atoms with van der Waals surface area (Å²) in [4.78, 5) is 16.3. The molecule has 12 heteroatoms. The number of hydrogen-bond donors (Lipinski definition) is 1. The van der Waals surface area contributed by atoms with Crippen LogP contribution < -0.4 is 0 Å². The smallest absolute Gasteiger partial charge is 0.283 e. The Morgan fingerprint density at radius 1 is 1.26 bits per heavy atom. The van der Waals surface area contributed by atoms with Crippen molar-refractivity contribution < 1.29 is 17.6 Å². The van der Waals surface area contributed by atoms with Crippen LogP contribution in [0.15, 0.2) is 61.6 Å². The zero-order chi connectivity index (χ0) is 22.2. The van der Waals surface area contributed by atoms with Crippen LogP contribution in [0.1, 0.15) is 18.2 Å². The summed E-state index contributed by atoms with van der Waals surface area (Å²) < 4.78 is 29.7. The molecule has 160 valence electrons. The van der Waals surface area contributed by atoms with Crippen molar-refractivity contribution >= 4 is 72.3 Å². The number of hydrogen-bond acceptors (Lipinski definition) is 8. The van der Waals surface area contributed by atoms with E-state index in [0.29, 0.717) is 21.6 Å². The average molecular weight is 495 g/mol. The molecule has 2 aliphatic rings. The highest BCUT2D eigenvalue weighted by atomic mass is 35.5. The third-order valence-electron chi connectivity index (χ3n) is 4.27. The van der Waals surface area contributed by atoms with Gasteiger partial charge in [-0.2, -0.15) is 10.0 Å². The number of nitrogens with one attached hydrogen (secondary N) is 1. The molecule has 1 aromatic carbocycles. The molecule has 0 aliphatic carbocycles. The number of carbonyl (C=O) groups is 1. The fourth-order valence-corrected chi connectivity index (χ4v) is 5.70. The number of rotatable bonds is 5. The summed E-state index contributed by atoms with van der Waals surface area (Å²) in [5, 5.41) is 14.7. The molecule has 0 unspecified atom stereocenters. The van der Waals surface area contributed by atoms with E-state index in [4.69, 9.17) is 21.4 Å². The molecule has 1 aromatic heterocycles. The topological polar surface area (TPSA) is 116 Å². The first-order valence-electron chi connectivity index (χ1n) is 8.97. The Labute approximate surface area is 191 Å². The van der Waals surface area contributed by atoms with Gasteiger partial charge in [0.25, 0.3) is 5.91 Å². The van der Waals surface area contributed by atoms with E-state index in [1.807, 2.05) is 24.3 Å². The lowest BCUT2D eigenvalue weighted by Gasteiger charge is -2.19. The third-order valence-corrected chi connectivity index (χ3v) is 8.59. The first kappa shape index (κ1) is 21.9. The van der Waals surface area contributed by atoms with E-state index < -0.39 is 15.7 Å². The van der Waals surface area contributed by atoms with Crippen molar-refractivity contribution in [3.63, 3.8) is 0 Å². The average Bonchev–Trinajstić information content (AvgIpc) is 3.38. The van der Waals surface area contributed by atoms with Gasteiger partial charge in [0.1, 0.15) is 5.76 Å². The monoisotopic (exact) mass is 494 g/mol. The molecule has 8 nitrogen and oxygen atoms in total. The lowest BCUT2D eigenvalue weighted by Crippen LogP contribution is -2.35. The molecule has 31 heavy (non-hydrogen) atoms. The van der Waals surface area contributed by atoms with Crippen LogP contribution in [0, 0.1) is 5.41 Å². The second kappa shape index (κ2) is 8.65. The minimum Gasteiger partial charge on any atom is -0.450 e. The van der Waals surface area contributed by atoms with Crippen LogP contribution in [0.25, 0.3) is 6.08 Å². The summed E-state index contributed by atoms with van der Waals surface area (Å²) in [5.74, 6) is 0.0172. The predicted octanol–water partition coefficient (Wildman–Crippen LogP) is 4.24. The van der Waals surface area contributed by atoms with E-state index in [2.05, 4.69) is 10.1 Å². The van der Waals surface area contributed by atoms with Crippen molar-refractivity contribution in [3.05, 3.63) is 58.3 Å². The van der Waals surface area contributed by atoms with Gasteiger partial charge in [0.2, 0.25) is 19.4 Å². The van der Waals surface area contributed by atoms with Gasteiger partial charge in [-0.1, -0.05) is 42.4 Å². The molecule has 2 aromatic rings. The molecule has 1 amide bonds. The van der Waals surface area contributed by atoms with Crippen LogP contribution in [0.4, 0.5) is 0 Å². The van der Waals surface area contributed by atoms with Crippen molar-refractivity contribution in [1.82, 2.24) is 5.01 Å². The van der Waals surface area contributed by atoms with Gasteiger partial charge in [-0.25, -0.2) is 8.42 Å². The molecule has 2 aliphatic heterocycles. The normalized spacial score (nSPS) is 17.7. The van der Waals surface area contributed by atoms with Crippen LogP contribution in [0.5, 0.6) is 0 Å². The summed E-state index contributed by atoms with van der Waals surface area (Å²) in [6, 6.07) is 11.0. The van der Waals surface area contributed by atoms with Crippen LogP contribution in [-0.4, -0.2) is 40.5 Å². The zero-order valence-corrected chi connectivity index (χ0v) is 19.2. The van der Waals surface area contributed by atoms with Gasteiger partial charge in [-0.05, 0) is 47.7 Å². The fraction of sp³-hybridized carbons (Fsp3) is 0.158. The van der Waals surface area contributed by atoms with Crippen molar-refractivity contribution in [2.75, 3.05) is 5.75 Å². The van der Waals surface area contributed by atoms with E-state index in [9.17, 15) is 13.2 Å². The van der Waals surface area contributed by atoms with Crippen LogP contribution in [0.2, 0.25) is 5.02 Å². The molecule has 0 radical (unpaired) electrons. The van der Waals surface area contributed by atoms with E-state index >= 15 is 0 Å². The molecule has 0 spiro atoms. The number of thioether (sulfide) groups is 2. The van der Waals surface area contributed by atoms with Crippen molar-refractivity contribution in [1.29, 1.82) is 5.41 Å². The SMILES string of the molecule is CCS(=O)(=O)C1=NN2C(=N)/C(=C/c3ccc(SCc4ccc(Cl)cc4)o3)C(=O)N=C2S1. The maximum atomic E-state index is 12.4. The Bertz CT molecular complexity index is 1260. The van der Waals surface area contributed by atoms with Gasteiger partial charge in [-0.3, -0.25) is 10.2 Å². The van der Waals surface area contributed by atoms with Gasteiger partial charge in [0.15, 0.2) is 10.9 Å². The van der Waals surface area contributed by atoms with E-state index in [0.717, 1.165) is 22.3 Å². The molecule has 1 N–H and O–H groups in total. The van der Waals surface area contributed by atoms with Gasteiger partial charge >= 0.3 is 0 Å². The lowest BCUT2D eigenvalue weighted by atomic mass is 10.1.